The number of rotatable bonds is 0. The van der Waals surface area contributed by atoms with Gasteiger partial charge in [0.05, 0.1) is 5.39 Å². The average Bonchev–Trinajstić information content (AvgIpc) is 3.29. The van der Waals surface area contributed by atoms with Crippen molar-refractivity contribution in [3.8, 4) is 22.6 Å². The number of benzene rings is 4. The molecule has 5 aromatic rings. The second kappa shape index (κ2) is 5.94. The van der Waals surface area contributed by atoms with Crippen molar-refractivity contribution >= 4 is 34.2 Å². The molecule has 4 aromatic carbocycles. The molecule has 2 nitrogen and oxygen atoms in total. The van der Waals surface area contributed by atoms with Gasteiger partial charge in [-0.15, -0.1) is 0 Å². The predicted octanol–water partition coefficient (Wildman–Crippen LogP) is 8.21. The lowest BCUT2D eigenvalue weighted by Gasteiger charge is -2.36. The molecule has 2 heterocycles. The van der Waals surface area contributed by atoms with E-state index in [1.165, 1.54) is 22.3 Å². The Morgan fingerprint density at radius 3 is 2.03 bits per heavy atom. The molecule has 0 amide bonds. The minimum absolute atomic E-state index is 0.628. The zero-order valence-corrected chi connectivity index (χ0v) is 17.7. The summed E-state index contributed by atoms with van der Waals surface area (Å²) < 4.78 is 13.0. The van der Waals surface area contributed by atoms with E-state index in [1.54, 1.807) is 0 Å². The fourth-order valence-corrected chi connectivity index (χ4v) is 5.62. The first-order chi connectivity index (χ1) is 15.2. The van der Waals surface area contributed by atoms with Gasteiger partial charge < -0.3 is 9.15 Å². The number of hydrogen-bond donors (Lipinski definition) is 0. The van der Waals surface area contributed by atoms with Crippen LogP contribution in [0, 0.1) is 0 Å². The summed E-state index contributed by atoms with van der Waals surface area (Å²) in [6.07, 6.45) is 0. The van der Waals surface area contributed by atoms with Crippen molar-refractivity contribution in [3.05, 3.63) is 117 Å². The molecule has 0 saturated heterocycles. The molecule has 0 fully saturated rings. The van der Waals surface area contributed by atoms with Gasteiger partial charge in [0.1, 0.15) is 16.7 Å². The van der Waals surface area contributed by atoms with Gasteiger partial charge in [0.2, 0.25) is 0 Å². The highest BCUT2D eigenvalue weighted by Gasteiger charge is 2.54. The van der Waals surface area contributed by atoms with E-state index in [4.69, 9.17) is 32.4 Å². The number of furan rings is 1. The highest BCUT2D eigenvalue weighted by atomic mass is 35.5. The lowest BCUT2D eigenvalue weighted by molar-refractivity contribution is 0.389. The lowest BCUT2D eigenvalue weighted by atomic mass is 9.69. The zero-order chi connectivity index (χ0) is 20.7. The summed E-state index contributed by atoms with van der Waals surface area (Å²) in [6, 6.07) is 28.5. The largest absolute Gasteiger partial charge is 0.455 e. The molecule has 7 rings (SSSR count). The zero-order valence-electron chi connectivity index (χ0n) is 16.2. The maximum absolute atomic E-state index is 6.57. The van der Waals surface area contributed by atoms with Gasteiger partial charge in [0.15, 0.2) is 11.5 Å². The Kier molecular flexibility index (Phi) is 3.35. The first-order valence-corrected chi connectivity index (χ1v) is 10.8. The Morgan fingerprint density at radius 2 is 1.29 bits per heavy atom. The topological polar surface area (TPSA) is 22.4 Å². The van der Waals surface area contributed by atoms with Crippen molar-refractivity contribution in [2.24, 2.45) is 0 Å². The van der Waals surface area contributed by atoms with Crippen LogP contribution in [0.5, 0.6) is 11.5 Å². The van der Waals surface area contributed by atoms with Crippen LogP contribution in [0.4, 0.5) is 0 Å². The number of halogens is 2. The molecule has 0 radical (unpaired) electrons. The average molecular weight is 441 g/mol. The summed E-state index contributed by atoms with van der Waals surface area (Å²) in [6.45, 7) is 0. The Morgan fingerprint density at radius 1 is 0.645 bits per heavy atom. The highest BCUT2D eigenvalue weighted by molar-refractivity contribution is 6.31. The summed E-state index contributed by atoms with van der Waals surface area (Å²) in [5.74, 6) is 2.20. The van der Waals surface area contributed by atoms with E-state index in [2.05, 4.69) is 54.6 Å². The van der Waals surface area contributed by atoms with Crippen LogP contribution in [0.3, 0.4) is 0 Å². The Hall–Kier alpha value is -3.20. The number of ether oxygens (including phenoxy) is 1. The standard InChI is InChI=1S/C27H14Cl2O2/c28-15-10-12-23-19(13-15)25-26(31-23)27(22-11-9-16(29)14-24(22)30-25)20-7-3-1-5-17(20)18-6-2-4-8-21(18)27/h1-14H. The van der Waals surface area contributed by atoms with Gasteiger partial charge in [0, 0.05) is 15.6 Å². The van der Waals surface area contributed by atoms with Crippen molar-refractivity contribution in [1.29, 1.82) is 0 Å². The van der Waals surface area contributed by atoms with Gasteiger partial charge in [-0.1, -0.05) is 77.8 Å². The number of fused-ring (bicyclic) bond motifs is 11. The quantitative estimate of drug-likeness (QED) is 0.237. The lowest BCUT2D eigenvalue weighted by Crippen LogP contribution is -2.31. The molecule has 1 spiro atoms. The summed E-state index contributed by atoms with van der Waals surface area (Å²) in [5, 5.41) is 2.12. The predicted molar refractivity (Wildman–Crippen MR) is 124 cm³/mol. The van der Waals surface area contributed by atoms with E-state index >= 15 is 0 Å². The summed E-state index contributed by atoms with van der Waals surface area (Å²) in [7, 11) is 0. The fourth-order valence-electron chi connectivity index (χ4n) is 5.29. The van der Waals surface area contributed by atoms with Gasteiger partial charge in [-0.25, -0.2) is 0 Å². The third-order valence-corrected chi connectivity index (χ3v) is 6.93. The highest BCUT2D eigenvalue weighted by Crippen LogP contribution is 2.63. The molecule has 0 N–H and O–H groups in total. The van der Waals surface area contributed by atoms with Crippen LogP contribution in [-0.4, -0.2) is 0 Å². The van der Waals surface area contributed by atoms with E-state index in [9.17, 15) is 0 Å². The number of hydrogen-bond acceptors (Lipinski definition) is 2. The minimum atomic E-state index is -0.633. The van der Waals surface area contributed by atoms with Crippen LogP contribution in [-0.2, 0) is 5.41 Å². The molecular weight excluding hydrogens is 427 g/mol. The summed E-state index contributed by atoms with van der Waals surface area (Å²) >= 11 is 12.7. The van der Waals surface area contributed by atoms with Crippen LogP contribution in [0.25, 0.3) is 22.1 Å². The molecule has 31 heavy (non-hydrogen) atoms. The molecule has 0 unspecified atom stereocenters. The molecule has 2 aliphatic rings. The first kappa shape index (κ1) is 17.5. The SMILES string of the molecule is Clc1ccc2c(c1)Oc1c(oc3ccc(Cl)cc13)C21c2ccccc2-c2ccccc21. The normalized spacial score (nSPS) is 14.6. The van der Waals surface area contributed by atoms with Gasteiger partial charge in [0.25, 0.3) is 0 Å². The third kappa shape index (κ3) is 2.09. The van der Waals surface area contributed by atoms with Crippen molar-refractivity contribution in [1.82, 2.24) is 0 Å². The van der Waals surface area contributed by atoms with Crippen LogP contribution in [0.15, 0.2) is 89.3 Å². The fraction of sp³-hybridized carbons (Fsp3) is 0.0370. The summed E-state index contributed by atoms with van der Waals surface area (Å²) in [4.78, 5) is 0. The Bertz CT molecular complexity index is 1500. The van der Waals surface area contributed by atoms with Crippen LogP contribution in [0.2, 0.25) is 10.0 Å². The maximum atomic E-state index is 6.57. The van der Waals surface area contributed by atoms with Crippen LogP contribution in [0.1, 0.15) is 22.5 Å². The monoisotopic (exact) mass is 440 g/mol. The van der Waals surface area contributed by atoms with Crippen molar-refractivity contribution in [2.45, 2.75) is 5.41 Å². The second-order valence-corrected chi connectivity index (χ2v) is 8.86. The maximum Gasteiger partial charge on any atom is 0.178 e. The van der Waals surface area contributed by atoms with Crippen molar-refractivity contribution in [2.75, 3.05) is 0 Å². The molecule has 1 aliphatic heterocycles. The van der Waals surface area contributed by atoms with Gasteiger partial charge in [-0.3, -0.25) is 0 Å². The molecule has 1 aromatic heterocycles. The molecule has 4 heteroatoms. The van der Waals surface area contributed by atoms with E-state index in [1.807, 2.05) is 30.3 Å². The second-order valence-electron chi connectivity index (χ2n) is 7.98. The molecule has 0 atom stereocenters. The summed E-state index contributed by atoms with van der Waals surface area (Å²) in [5.41, 5.74) is 5.88. The van der Waals surface area contributed by atoms with Crippen molar-refractivity contribution in [3.63, 3.8) is 0 Å². The molecule has 1 aliphatic carbocycles. The van der Waals surface area contributed by atoms with Gasteiger partial charge in [-0.2, -0.15) is 0 Å². The molecule has 148 valence electrons. The van der Waals surface area contributed by atoms with E-state index in [-0.39, 0.29) is 0 Å². The van der Waals surface area contributed by atoms with E-state index in [0.717, 1.165) is 28.0 Å². The Labute approximate surface area is 188 Å². The first-order valence-electron chi connectivity index (χ1n) is 10.1. The minimum Gasteiger partial charge on any atom is -0.455 e. The van der Waals surface area contributed by atoms with Gasteiger partial charge >= 0.3 is 0 Å². The molecule has 0 bridgehead atoms. The Balaban J connectivity index is 1.72. The van der Waals surface area contributed by atoms with Crippen LogP contribution >= 0.6 is 23.2 Å². The van der Waals surface area contributed by atoms with Crippen LogP contribution < -0.4 is 4.74 Å². The smallest absolute Gasteiger partial charge is 0.178 e. The molecule has 0 saturated carbocycles. The van der Waals surface area contributed by atoms with E-state index in [0.29, 0.717) is 15.8 Å². The van der Waals surface area contributed by atoms with Gasteiger partial charge in [-0.05, 0) is 52.6 Å². The van der Waals surface area contributed by atoms with E-state index < -0.39 is 5.41 Å². The van der Waals surface area contributed by atoms with Crippen molar-refractivity contribution < 1.29 is 9.15 Å². The molecular formula is C27H14Cl2O2. The third-order valence-electron chi connectivity index (χ3n) is 6.46.